The zero-order chi connectivity index (χ0) is 11.4. The minimum atomic E-state index is -0.197. The molecule has 0 N–H and O–H groups in total. The molecule has 2 rings (SSSR count). The molecule has 0 fully saturated rings. The zero-order valence-electron chi connectivity index (χ0n) is 8.99. The zero-order valence-corrected chi connectivity index (χ0v) is 9.74. The van der Waals surface area contributed by atoms with Crippen molar-refractivity contribution in [2.45, 2.75) is 25.2 Å². The van der Waals surface area contributed by atoms with Gasteiger partial charge in [-0.15, -0.1) is 0 Å². The molecule has 0 aromatic heterocycles. The summed E-state index contributed by atoms with van der Waals surface area (Å²) >= 11 is 5.83. The van der Waals surface area contributed by atoms with Crippen molar-refractivity contribution in [2.24, 2.45) is 4.99 Å². The molecule has 0 amide bonds. The van der Waals surface area contributed by atoms with Crippen LogP contribution in [0.25, 0.3) is 0 Å². The third kappa shape index (κ3) is 2.43. The molecule has 3 heteroatoms. The molecule has 0 aliphatic carbocycles. The number of rotatable bonds is 2. The Bertz CT molecular complexity index is 428. The Kier molecular flexibility index (Phi) is 3.58. The molecule has 1 atom stereocenters. The molecule has 1 unspecified atom stereocenters. The lowest BCUT2D eigenvalue weighted by Crippen LogP contribution is -2.15. The maximum Gasteiger partial charge on any atom is 0.109 e. The minimum Gasteiger partial charge on any atom is -0.292 e. The van der Waals surface area contributed by atoms with Gasteiger partial charge in [-0.25, -0.2) is 0 Å². The second kappa shape index (κ2) is 5.14. The molecule has 0 saturated carbocycles. The molecule has 82 valence electrons. The molecule has 1 aliphatic heterocycles. The van der Waals surface area contributed by atoms with Crippen LogP contribution in [-0.2, 0) is 0 Å². The van der Waals surface area contributed by atoms with Gasteiger partial charge < -0.3 is 0 Å². The highest BCUT2D eigenvalue weighted by molar-refractivity contribution is 6.30. The summed E-state index contributed by atoms with van der Waals surface area (Å²) in [5.41, 5.74) is 2.02. The molecule has 1 aliphatic rings. The van der Waals surface area contributed by atoms with E-state index in [-0.39, 0.29) is 5.92 Å². The number of hydrogen-bond acceptors (Lipinski definition) is 2. The summed E-state index contributed by atoms with van der Waals surface area (Å²) in [4.78, 5) is 4.46. The van der Waals surface area contributed by atoms with Crippen LogP contribution in [0.2, 0.25) is 5.02 Å². The van der Waals surface area contributed by atoms with E-state index in [4.69, 9.17) is 11.6 Å². The number of aliphatic imine (C=N–C) groups is 1. The van der Waals surface area contributed by atoms with Gasteiger partial charge in [-0.2, -0.15) is 5.26 Å². The quantitative estimate of drug-likeness (QED) is 0.768. The van der Waals surface area contributed by atoms with Crippen LogP contribution < -0.4 is 0 Å². The van der Waals surface area contributed by atoms with E-state index >= 15 is 0 Å². The average molecular weight is 233 g/mol. The molecule has 0 bridgehead atoms. The highest BCUT2D eigenvalue weighted by atomic mass is 35.5. The summed E-state index contributed by atoms with van der Waals surface area (Å²) in [7, 11) is 0. The molecule has 1 aromatic carbocycles. The van der Waals surface area contributed by atoms with Gasteiger partial charge in [-0.05, 0) is 37.0 Å². The Morgan fingerprint density at radius 1 is 1.25 bits per heavy atom. The molecular formula is C13H13ClN2. The fourth-order valence-electron chi connectivity index (χ4n) is 1.95. The second-order valence-electron chi connectivity index (χ2n) is 3.94. The van der Waals surface area contributed by atoms with Gasteiger partial charge in [0.25, 0.3) is 0 Å². The van der Waals surface area contributed by atoms with Crippen LogP contribution in [0, 0.1) is 11.3 Å². The first-order valence-electron chi connectivity index (χ1n) is 5.49. The van der Waals surface area contributed by atoms with Gasteiger partial charge in [0.15, 0.2) is 0 Å². The smallest absolute Gasteiger partial charge is 0.109 e. The van der Waals surface area contributed by atoms with Gasteiger partial charge in [0.05, 0.1) is 6.07 Å². The fourth-order valence-corrected chi connectivity index (χ4v) is 2.08. The lowest BCUT2D eigenvalue weighted by molar-refractivity contribution is 0.724. The standard InChI is InChI=1S/C13H13ClN2/c14-11-6-4-10(5-7-11)12(9-15)13-3-1-2-8-16-13/h4-7,12H,1-3,8H2. The Balaban J connectivity index is 2.26. The SMILES string of the molecule is N#CC(C1=NCCCC1)c1ccc(Cl)cc1. The summed E-state index contributed by atoms with van der Waals surface area (Å²) in [5, 5.41) is 9.94. The third-order valence-corrected chi connectivity index (χ3v) is 3.07. The van der Waals surface area contributed by atoms with Crippen molar-refractivity contribution < 1.29 is 0 Å². The van der Waals surface area contributed by atoms with Crippen molar-refractivity contribution in [1.82, 2.24) is 0 Å². The van der Waals surface area contributed by atoms with E-state index in [2.05, 4.69) is 11.1 Å². The maximum absolute atomic E-state index is 9.24. The number of nitriles is 1. The van der Waals surface area contributed by atoms with Gasteiger partial charge in [0.1, 0.15) is 5.92 Å². The molecule has 0 spiro atoms. The predicted octanol–water partition coefficient (Wildman–Crippen LogP) is 3.57. The summed E-state index contributed by atoms with van der Waals surface area (Å²) < 4.78 is 0. The average Bonchev–Trinajstić information content (AvgIpc) is 2.34. The molecule has 1 aromatic rings. The number of hydrogen-bond donors (Lipinski definition) is 0. The Morgan fingerprint density at radius 3 is 2.56 bits per heavy atom. The van der Waals surface area contributed by atoms with Gasteiger partial charge in [-0.3, -0.25) is 4.99 Å². The molecule has 16 heavy (non-hydrogen) atoms. The van der Waals surface area contributed by atoms with Crippen LogP contribution in [-0.4, -0.2) is 12.3 Å². The van der Waals surface area contributed by atoms with E-state index in [9.17, 15) is 5.26 Å². The molecule has 2 nitrogen and oxygen atoms in total. The number of nitrogens with zero attached hydrogens (tertiary/aromatic N) is 2. The summed E-state index contributed by atoms with van der Waals surface area (Å²) in [6.07, 6.45) is 3.23. The van der Waals surface area contributed by atoms with Crippen LogP contribution >= 0.6 is 11.6 Å². The van der Waals surface area contributed by atoms with Crippen molar-refractivity contribution in [2.75, 3.05) is 6.54 Å². The summed E-state index contributed by atoms with van der Waals surface area (Å²) in [6, 6.07) is 9.80. The molecule has 0 saturated heterocycles. The highest BCUT2D eigenvalue weighted by Gasteiger charge is 2.19. The van der Waals surface area contributed by atoms with Gasteiger partial charge in [0, 0.05) is 17.3 Å². The topological polar surface area (TPSA) is 36.1 Å². The van der Waals surface area contributed by atoms with Crippen LogP contribution in [0.15, 0.2) is 29.3 Å². The summed E-state index contributed by atoms with van der Waals surface area (Å²) in [6.45, 7) is 0.862. The Morgan fingerprint density at radius 2 is 2.00 bits per heavy atom. The lowest BCUT2D eigenvalue weighted by Gasteiger charge is -2.16. The normalized spacial score (nSPS) is 17.4. The van der Waals surface area contributed by atoms with Crippen LogP contribution in [0.1, 0.15) is 30.7 Å². The van der Waals surface area contributed by atoms with E-state index in [1.165, 1.54) is 0 Å². The fraction of sp³-hybridized carbons (Fsp3) is 0.385. The van der Waals surface area contributed by atoms with E-state index in [1.807, 2.05) is 24.3 Å². The van der Waals surface area contributed by atoms with E-state index in [0.717, 1.165) is 37.1 Å². The second-order valence-corrected chi connectivity index (χ2v) is 4.38. The van der Waals surface area contributed by atoms with Crippen molar-refractivity contribution in [3.63, 3.8) is 0 Å². The van der Waals surface area contributed by atoms with E-state index in [1.54, 1.807) is 0 Å². The molecule has 1 heterocycles. The molecular weight excluding hydrogens is 220 g/mol. The first-order chi connectivity index (χ1) is 7.81. The van der Waals surface area contributed by atoms with Crippen molar-refractivity contribution in [1.29, 1.82) is 5.26 Å². The van der Waals surface area contributed by atoms with Crippen molar-refractivity contribution in [3.05, 3.63) is 34.9 Å². The van der Waals surface area contributed by atoms with Gasteiger partial charge >= 0.3 is 0 Å². The van der Waals surface area contributed by atoms with E-state index < -0.39 is 0 Å². The van der Waals surface area contributed by atoms with Crippen LogP contribution in [0.3, 0.4) is 0 Å². The van der Waals surface area contributed by atoms with E-state index in [0.29, 0.717) is 5.02 Å². The first-order valence-corrected chi connectivity index (χ1v) is 5.87. The molecule has 0 radical (unpaired) electrons. The van der Waals surface area contributed by atoms with Gasteiger partial charge in [0.2, 0.25) is 0 Å². The summed E-state index contributed by atoms with van der Waals surface area (Å²) in [5.74, 6) is -0.197. The van der Waals surface area contributed by atoms with Crippen molar-refractivity contribution >= 4 is 17.3 Å². The Labute approximate surface area is 101 Å². The monoisotopic (exact) mass is 232 g/mol. The van der Waals surface area contributed by atoms with Gasteiger partial charge in [-0.1, -0.05) is 23.7 Å². The highest BCUT2D eigenvalue weighted by Crippen LogP contribution is 2.23. The maximum atomic E-state index is 9.24. The first kappa shape index (κ1) is 11.2. The number of benzene rings is 1. The van der Waals surface area contributed by atoms with Crippen LogP contribution in [0.5, 0.6) is 0 Å². The predicted molar refractivity (Wildman–Crippen MR) is 66.0 cm³/mol. The minimum absolute atomic E-state index is 0.197. The van der Waals surface area contributed by atoms with Crippen molar-refractivity contribution in [3.8, 4) is 6.07 Å². The number of halogens is 1. The van der Waals surface area contributed by atoms with Crippen LogP contribution in [0.4, 0.5) is 0 Å². The lowest BCUT2D eigenvalue weighted by atomic mass is 9.91. The third-order valence-electron chi connectivity index (χ3n) is 2.82. The Hall–Kier alpha value is -1.33. The largest absolute Gasteiger partial charge is 0.292 e.